The lowest BCUT2D eigenvalue weighted by molar-refractivity contribution is -0.122. The van der Waals surface area contributed by atoms with Crippen LogP contribution in [0.4, 0.5) is 4.79 Å². The number of urea groups is 1. The Labute approximate surface area is 416 Å². The van der Waals surface area contributed by atoms with Crippen molar-refractivity contribution in [3.8, 4) is 0 Å². The summed E-state index contributed by atoms with van der Waals surface area (Å²) in [5, 5.41) is 0.568. The van der Waals surface area contributed by atoms with Gasteiger partial charge in [0.1, 0.15) is 6.04 Å². The number of unbranched alkanes of at least 4 members (excludes halogenated alkanes) is 30. The van der Waals surface area contributed by atoms with Crippen molar-refractivity contribution in [3.63, 3.8) is 0 Å². The second kappa shape index (κ2) is 46.9. The summed E-state index contributed by atoms with van der Waals surface area (Å²) in [5.74, 6) is -0.648. The van der Waals surface area contributed by atoms with Crippen molar-refractivity contribution in [2.24, 2.45) is 5.73 Å². The van der Waals surface area contributed by atoms with Gasteiger partial charge in [-0.15, -0.1) is 4.28 Å². The summed E-state index contributed by atoms with van der Waals surface area (Å²) in [4.78, 5) is 29.5. The lowest BCUT2D eigenvalue weighted by Crippen LogP contribution is -2.47. The fourth-order valence-electron chi connectivity index (χ4n) is 9.49. The van der Waals surface area contributed by atoms with Gasteiger partial charge in [-0.05, 0) is 90.6 Å². The minimum absolute atomic E-state index is 0.155. The first-order valence-electron chi connectivity index (χ1n) is 29.0. The predicted octanol–water partition coefficient (Wildman–Crippen LogP) is 15.2. The Balaban J connectivity index is 0.000000992. The van der Waals surface area contributed by atoms with Gasteiger partial charge in [0, 0.05) is 6.54 Å². The summed E-state index contributed by atoms with van der Waals surface area (Å²) < 4.78 is 33.8. The Kier molecular flexibility index (Phi) is 45.9. The van der Waals surface area contributed by atoms with Gasteiger partial charge in [0.15, 0.2) is 0 Å². The lowest BCUT2D eigenvalue weighted by Gasteiger charge is -2.27. The van der Waals surface area contributed by atoms with Gasteiger partial charge in [0.25, 0.3) is 0 Å². The normalized spacial score (nSPS) is 15.9. The molecule has 0 spiro atoms. The molecule has 67 heavy (non-hydrogen) atoms. The van der Waals surface area contributed by atoms with Crippen LogP contribution in [0.2, 0.25) is 0 Å². The van der Waals surface area contributed by atoms with Crippen LogP contribution in [-0.4, -0.2) is 103 Å². The van der Waals surface area contributed by atoms with E-state index in [0.29, 0.717) is 17.9 Å². The third-order valence-electron chi connectivity index (χ3n) is 13.8. The highest BCUT2D eigenvalue weighted by Crippen LogP contribution is 2.30. The van der Waals surface area contributed by atoms with E-state index in [9.17, 15) is 18.0 Å². The first-order chi connectivity index (χ1) is 32.5. The molecule has 2 bridgehead atoms. The predicted molar refractivity (Wildman–Crippen MR) is 286 cm³/mol. The number of fused-ring (bicyclic) bond motifs is 2. The van der Waals surface area contributed by atoms with Crippen LogP contribution in [0.25, 0.3) is 0 Å². The topological polar surface area (TPSA) is 137 Å². The van der Waals surface area contributed by atoms with E-state index in [1.165, 1.54) is 270 Å². The summed E-state index contributed by atoms with van der Waals surface area (Å²) in [5.41, 5.74) is 5.13. The number of hydroxylamine groups is 2. The van der Waals surface area contributed by atoms with Gasteiger partial charge in [0.05, 0.1) is 6.04 Å². The largest absolute Gasteiger partial charge is 0.418 e. The number of hydrogen-bond donors (Lipinski definition) is 2. The van der Waals surface area contributed by atoms with E-state index in [4.69, 9.17) is 10.3 Å². The third-order valence-corrected chi connectivity index (χ3v) is 14.1. The number of rotatable bonds is 45. The fraction of sp³-hybridized carbons (Fsp3) is 0.964. The Hall–Kier alpha value is -1.47. The Morgan fingerprint density at radius 1 is 0.493 bits per heavy atom. The summed E-state index contributed by atoms with van der Waals surface area (Å²) in [7, 11) is -4.75. The second-order valence-corrected chi connectivity index (χ2v) is 21.2. The number of nitrogens with zero attached hydrogens (tertiary/aromatic N) is 4. The van der Waals surface area contributed by atoms with Crippen LogP contribution in [0.3, 0.4) is 0 Å². The molecule has 0 unspecified atom stereocenters. The van der Waals surface area contributed by atoms with E-state index in [2.05, 4.69) is 55.6 Å². The van der Waals surface area contributed by atoms with Gasteiger partial charge in [0.2, 0.25) is 5.91 Å². The van der Waals surface area contributed by atoms with Crippen LogP contribution in [0.5, 0.6) is 0 Å². The highest BCUT2D eigenvalue weighted by atomic mass is 32.3. The van der Waals surface area contributed by atoms with Crippen molar-refractivity contribution in [3.05, 3.63) is 0 Å². The number of primary amides is 1. The molecule has 0 aromatic heterocycles. The summed E-state index contributed by atoms with van der Waals surface area (Å²) in [6.45, 7) is 22.1. The van der Waals surface area contributed by atoms with E-state index in [1.54, 1.807) is 0 Å². The maximum Gasteiger partial charge on any atom is 0.418 e. The zero-order chi connectivity index (χ0) is 49.6. The molecule has 400 valence electrons. The fourth-order valence-corrected chi connectivity index (χ4v) is 9.88. The van der Waals surface area contributed by atoms with Crippen molar-refractivity contribution >= 4 is 22.3 Å². The first kappa shape index (κ1) is 65.5. The molecule has 12 heteroatoms. The highest BCUT2D eigenvalue weighted by Gasteiger charge is 2.48. The number of carbonyl (C=O) groups is 2. The number of hydrogen-bond acceptors (Lipinski definition) is 7. The maximum atomic E-state index is 11.7. The number of amides is 3. The molecule has 2 rings (SSSR count). The van der Waals surface area contributed by atoms with Crippen molar-refractivity contribution in [2.45, 2.75) is 298 Å². The highest BCUT2D eigenvalue weighted by molar-refractivity contribution is 7.80. The molecule has 0 aromatic carbocycles. The van der Waals surface area contributed by atoms with Crippen LogP contribution in [0.15, 0.2) is 0 Å². The summed E-state index contributed by atoms with van der Waals surface area (Å²) in [6, 6.07) is -2.04. The van der Waals surface area contributed by atoms with E-state index in [0.717, 1.165) is 4.90 Å². The second-order valence-electron chi connectivity index (χ2n) is 20.2. The molecular weight excluding hydrogens is 859 g/mol. The zero-order valence-corrected chi connectivity index (χ0v) is 46.1. The van der Waals surface area contributed by atoms with Crippen molar-refractivity contribution < 1.29 is 26.8 Å². The third kappa shape index (κ3) is 38.9. The van der Waals surface area contributed by atoms with Crippen molar-refractivity contribution in [1.29, 1.82) is 0 Å². The average Bonchev–Trinajstić information content (AvgIpc) is 3.53. The lowest BCUT2D eigenvalue weighted by atomic mass is 10.0. The molecule has 2 atom stereocenters. The van der Waals surface area contributed by atoms with Gasteiger partial charge in [-0.2, -0.15) is 13.5 Å². The standard InChI is InChI=1S/2C24H51N.C7H11N3O6S/c2*1-4-7-10-13-16-19-22-25(23-20-17-14-11-8-5-2)24-21-18-15-12-9-6-3;8-6(11)5-2-1-4-3-9(5)7(12)10(4)16-17(13,14)15/h2*4-24H2,1-3H3;4-5H,1-3H2,(H2,8,11)(H,13,14,15)/t;;4-,5+/m..1/s1. The Bertz CT molecular complexity index is 1090. The van der Waals surface area contributed by atoms with Gasteiger partial charge < -0.3 is 20.4 Å². The molecule has 2 aliphatic heterocycles. The molecular formula is C55H113N5O6S. The SMILES string of the molecule is CCCCCCCCN(CCCCCCCC)CCCCCCCC.CCCCCCCCN(CCCCCCCC)CCCCCCCC.NC(=O)[C@@H]1CC[C@@H]2CN1C(=O)N2OS(=O)(=O)O. The molecule has 3 amide bonds. The number of nitrogens with two attached hydrogens (primary N) is 1. The monoisotopic (exact) mass is 972 g/mol. The molecule has 0 radical (unpaired) electrons. The van der Waals surface area contributed by atoms with E-state index in [1.807, 2.05) is 0 Å². The number of carbonyl (C=O) groups excluding carboxylic acids is 2. The Morgan fingerprint density at radius 2 is 0.746 bits per heavy atom. The summed E-state index contributed by atoms with van der Waals surface area (Å²) in [6.07, 6.45) is 52.1. The van der Waals surface area contributed by atoms with Crippen LogP contribution < -0.4 is 5.73 Å². The van der Waals surface area contributed by atoms with Gasteiger partial charge in [-0.3, -0.25) is 9.35 Å². The summed E-state index contributed by atoms with van der Waals surface area (Å²) >= 11 is 0. The minimum Gasteiger partial charge on any atom is -0.368 e. The minimum atomic E-state index is -4.75. The molecule has 0 aromatic rings. The van der Waals surface area contributed by atoms with Gasteiger partial charge in [-0.25, -0.2) is 4.79 Å². The van der Waals surface area contributed by atoms with Crippen LogP contribution in [0, 0.1) is 0 Å². The van der Waals surface area contributed by atoms with Crippen LogP contribution in [-0.2, 0) is 19.5 Å². The van der Waals surface area contributed by atoms with Gasteiger partial charge >= 0.3 is 16.4 Å². The average molecular weight is 973 g/mol. The molecule has 2 fully saturated rings. The van der Waals surface area contributed by atoms with Crippen molar-refractivity contribution in [2.75, 3.05) is 45.8 Å². The molecule has 0 aliphatic carbocycles. The van der Waals surface area contributed by atoms with E-state index >= 15 is 0 Å². The zero-order valence-electron chi connectivity index (χ0n) is 45.2. The molecule has 2 aliphatic rings. The molecule has 2 saturated heterocycles. The van der Waals surface area contributed by atoms with E-state index in [-0.39, 0.29) is 6.54 Å². The maximum absolute atomic E-state index is 11.7. The molecule has 2 heterocycles. The smallest absolute Gasteiger partial charge is 0.368 e. The number of piperidine rings is 1. The van der Waals surface area contributed by atoms with Crippen LogP contribution >= 0.6 is 0 Å². The van der Waals surface area contributed by atoms with Crippen molar-refractivity contribution in [1.82, 2.24) is 19.8 Å². The molecule has 0 saturated carbocycles. The first-order valence-corrected chi connectivity index (χ1v) is 30.4. The Morgan fingerprint density at radius 3 is 0.985 bits per heavy atom. The van der Waals surface area contributed by atoms with Crippen LogP contribution in [0.1, 0.15) is 286 Å². The van der Waals surface area contributed by atoms with E-state index < -0.39 is 34.4 Å². The molecule has 11 nitrogen and oxygen atoms in total. The quantitative estimate of drug-likeness (QED) is 0.0455. The molecule has 3 N–H and O–H groups in total. The van der Waals surface area contributed by atoms with Gasteiger partial charge in [-0.1, -0.05) is 234 Å².